The lowest BCUT2D eigenvalue weighted by Gasteiger charge is -2.10. The van der Waals surface area contributed by atoms with Gasteiger partial charge in [-0.25, -0.2) is 0 Å². The average molecular weight is 337 g/mol. The first-order chi connectivity index (χ1) is 12.0. The van der Waals surface area contributed by atoms with Crippen LogP contribution in [0.3, 0.4) is 0 Å². The van der Waals surface area contributed by atoms with Crippen LogP contribution >= 0.6 is 0 Å². The van der Waals surface area contributed by atoms with Crippen molar-refractivity contribution in [1.82, 2.24) is 10.9 Å². The van der Waals surface area contributed by atoms with E-state index in [1.54, 1.807) is 12.1 Å². The van der Waals surface area contributed by atoms with Gasteiger partial charge in [-0.1, -0.05) is 35.9 Å². The number of hydrogen-bond acceptors (Lipinski definition) is 4. The minimum Gasteiger partial charge on any atom is -0.451 e. The third-order valence-electron chi connectivity index (χ3n) is 3.79. The predicted molar refractivity (Wildman–Crippen MR) is 96.2 cm³/mol. The van der Waals surface area contributed by atoms with Crippen molar-refractivity contribution in [3.05, 3.63) is 65.4 Å². The van der Waals surface area contributed by atoms with Crippen molar-refractivity contribution in [1.29, 1.82) is 0 Å². The summed E-state index contributed by atoms with van der Waals surface area (Å²) in [7, 11) is 0. The highest BCUT2D eigenvalue weighted by atomic mass is 16.3. The molecule has 25 heavy (non-hydrogen) atoms. The monoisotopic (exact) mass is 337 g/mol. The number of hydrogen-bond donors (Lipinski definition) is 3. The molecular weight excluding hydrogens is 318 g/mol. The molecule has 0 spiro atoms. The average Bonchev–Trinajstić information content (AvgIpc) is 3.03. The molecule has 1 aromatic heterocycles. The molecule has 0 atom stereocenters. The number of nitrogens with one attached hydrogen (secondary N) is 3. The minimum absolute atomic E-state index is 0.0459. The third-order valence-corrected chi connectivity index (χ3v) is 3.79. The van der Waals surface area contributed by atoms with Crippen LogP contribution in [-0.2, 0) is 4.79 Å². The number of amides is 2. The highest BCUT2D eigenvalue weighted by Crippen LogP contribution is 2.18. The number of hydrazine groups is 1. The third kappa shape index (κ3) is 3.98. The van der Waals surface area contributed by atoms with Crippen LogP contribution in [0.5, 0.6) is 0 Å². The maximum absolute atomic E-state index is 12.0. The quantitative estimate of drug-likeness (QED) is 0.639. The van der Waals surface area contributed by atoms with E-state index in [0.29, 0.717) is 5.58 Å². The maximum Gasteiger partial charge on any atom is 0.305 e. The molecule has 3 aromatic rings. The molecular formula is C19H19N3O3. The summed E-state index contributed by atoms with van der Waals surface area (Å²) in [6.07, 6.45) is 0. The lowest BCUT2D eigenvalue weighted by molar-refractivity contribution is -0.120. The zero-order valence-electron chi connectivity index (χ0n) is 14.1. The first-order valence-corrected chi connectivity index (χ1v) is 7.92. The van der Waals surface area contributed by atoms with E-state index < -0.39 is 5.91 Å². The molecule has 0 saturated carbocycles. The van der Waals surface area contributed by atoms with Crippen LogP contribution in [0.1, 0.15) is 21.7 Å². The number of furan rings is 1. The zero-order valence-corrected chi connectivity index (χ0v) is 14.1. The summed E-state index contributed by atoms with van der Waals surface area (Å²) < 4.78 is 5.44. The van der Waals surface area contributed by atoms with Gasteiger partial charge in [-0.2, -0.15) is 0 Å². The topological polar surface area (TPSA) is 83.4 Å². The van der Waals surface area contributed by atoms with Crippen molar-refractivity contribution in [2.45, 2.75) is 13.8 Å². The van der Waals surface area contributed by atoms with E-state index in [-0.39, 0.29) is 18.2 Å². The van der Waals surface area contributed by atoms with Gasteiger partial charge in [0.25, 0.3) is 5.91 Å². The van der Waals surface area contributed by atoms with E-state index in [0.717, 1.165) is 22.2 Å². The molecule has 128 valence electrons. The number of carbonyl (C=O) groups excluding carboxylic acids is 2. The molecule has 0 bridgehead atoms. The Balaban J connectivity index is 1.52. The lowest BCUT2D eigenvalue weighted by Crippen LogP contribution is -2.44. The first-order valence-electron chi connectivity index (χ1n) is 7.92. The zero-order chi connectivity index (χ0) is 17.8. The van der Waals surface area contributed by atoms with Crippen molar-refractivity contribution in [3.8, 4) is 0 Å². The van der Waals surface area contributed by atoms with Gasteiger partial charge < -0.3 is 9.73 Å². The molecule has 0 fully saturated rings. The predicted octanol–water partition coefficient (Wildman–Crippen LogP) is 2.92. The molecule has 6 nitrogen and oxygen atoms in total. The summed E-state index contributed by atoms with van der Waals surface area (Å²) in [5.41, 5.74) is 8.43. The Hall–Kier alpha value is -3.28. The van der Waals surface area contributed by atoms with Gasteiger partial charge in [0.15, 0.2) is 5.76 Å². The second-order valence-electron chi connectivity index (χ2n) is 5.82. The van der Waals surface area contributed by atoms with Gasteiger partial charge in [0.1, 0.15) is 5.58 Å². The highest BCUT2D eigenvalue weighted by Gasteiger charge is 2.12. The van der Waals surface area contributed by atoms with Crippen LogP contribution in [0.4, 0.5) is 5.69 Å². The van der Waals surface area contributed by atoms with Gasteiger partial charge in [0.05, 0.1) is 6.54 Å². The Kier molecular flexibility index (Phi) is 4.70. The molecule has 3 N–H and O–H groups in total. The second kappa shape index (κ2) is 7.09. The number of benzene rings is 2. The maximum atomic E-state index is 12.0. The van der Waals surface area contributed by atoms with Crippen LogP contribution in [0.2, 0.25) is 0 Å². The second-order valence-corrected chi connectivity index (χ2v) is 5.82. The number of para-hydroxylation sites is 1. The van der Waals surface area contributed by atoms with Gasteiger partial charge in [-0.15, -0.1) is 0 Å². The molecule has 2 aromatic carbocycles. The van der Waals surface area contributed by atoms with E-state index >= 15 is 0 Å². The van der Waals surface area contributed by atoms with Crippen LogP contribution in [0.25, 0.3) is 11.0 Å². The van der Waals surface area contributed by atoms with Gasteiger partial charge in [-0.05, 0) is 37.6 Å². The number of fused-ring (bicyclic) bond motifs is 1. The van der Waals surface area contributed by atoms with Crippen molar-refractivity contribution in [3.63, 3.8) is 0 Å². The van der Waals surface area contributed by atoms with Crippen LogP contribution < -0.4 is 16.2 Å². The Bertz CT molecular complexity index is 898. The van der Waals surface area contributed by atoms with E-state index in [4.69, 9.17) is 4.42 Å². The van der Waals surface area contributed by atoms with Crippen LogP contribution in [0, 0.1) is 13.8 Å². The smallest absolute Gasteiger partial charge is 0.305 e. The first kappa shape index (κ1) is 16.6. The largest absolute Gasteiger partial charge is 0.451 e. The van der Waals surface area contributed by atoms with Gasteiger partial charge >= 0.3 is 5.91 Å². The molecule has 3 rings (SSSR count). The van der Waals surface area contributed by atoms with Gasteiger partial charge in [-0.3, -0.25) is 20.4 Å². The SMILES string of the molecule is Cc1ccc(NCC(=O)NNC(=O)c2cc3ccccc3o2)c(C)c1. The Morgan fingerprint density at radius 2 is 1.80 bits per heavy atom. The van der Waals surface area contributed by atoms with Gasteiger partial charge in [0.2, 0.25) is 0 Å². The Labute approximate surface area is 145 Å². The van der Waals surface area contributed by atoms with E-state index in [2.05, 4.69) is 16.2 Å². The summed E-state index contributed by atoms with van der Waals surface area (Å²) in [4.78, 5) is 23.9. The molecule has 0 aliphatic heterocycles. The Morgan fingerprint density at radius 1 is 1.00 bits per heavy atom. The summed E-state index contributed by atoms with van der Waals surface area (Å²) in [5, 5.41) is 3.87. The molecule has 0 aliphatic rings. The summed E-state index contributed by atoms with van der Waals surface area (Å²) in [6.45, 7) is 4.03. The van der Waals surface area contributed by atoms with Crippen molar-refractivity contribution in [2.75, 3.05) is 11.9 Å². The normalized spacial score (nSPS) is 10.5. The summed E-state index contributed by atoms with van der Waals surface area (Å²) in [6, 6.07) is 14.9. The molecule has 0 saturated heterocycles. The number of anilines is 1. The summed E-state index contributed by atoms with van der Waals surface area (Å²) >= 11 is 0. The number of aryl methyl sites for hydroxylation is 2. The Morgan fingerprint density at radius 3 is 2.56 bits per heavy atom. The van der Waals surface area contributed by atoms with Gasteiger partial charge in [0, 0.05) is 11.1 Å². The van der Waals surface area contributed by atoms with E-state index in [9.17, 15) is 9.59 Å². The lowest BCUT2D eigenvalue weighted by atomic mass is 10.1. The van der Waals surface area contributed by atoms with Crippen LogP contribution in [-0.4, -0.2) is 18.4 Å². The molecule has 6 heteroatoms. The van der Waals surface area contributed by atoms with E-state index in [1.165, 1.54) is 0 Å². The molecule has 0 aliphatic carbocycles. The number of rotatable bonds is 4. The highest BCUT2D eigenvalue weighted by molar-refractivity contribution is 5.97. The fourth-order valence-electron chi connectivity index (χ4n) is 2.51. The number of carbonyl (C=O) groups is 2. The van der Waals surface area contributed by atoms with Crippen molar-refractivity contribution < 1.29 is 14.0 Å². The molecule has 2 amide bonds. The van der Waals surface area contributed by atoms with E-state index in [1.807, 2.05) is 50.2 Å². The fraction of sp³-hybridized carbons (Fsp3) is 0.158. The molecule has 0 unspecified atom stereocenters. The molecule has 0 radical (unpaired) electrons. The molecule has 1 heterocycles. The van der Waals surface area contributed by atoms with Crippen molar-refractivity contribution in [2.24, 2.45) is 0 Å². The standard InChI is InChI=1S/C19H19N3O3/c1-12-7-8-15(13(2)9-12)20-11-18(23)21-22-19(24)17-10-14-5-3-4-6-16(14)25-17/h3-10,20H,11H2,1-2H3,(H,21,23)(H,22,24). The summed E-state index contributed by atoms with van der Waals surface area (Å²) in [5.74, 6) is -0.718. The van der Waals surface area contributed by atoms with Crippen LogP contribution in [0.15, 0.2) is 52.9 Å². The fourth-order valence-corrected chi connectivity index (χ4v) is 2.51. The van der Waals surface area contributed by atoms with Crippen molar-refractivity contribution >= 4 is 28.5 Å². The minimum atomic E-state index is -0.504.